The van der Waals surface area contributed by atoms with Gasteiger partial charge >= 0.3 is 0 Å². The summed E-state index contributed by atoms with van der Waals surface area (Å²) in [6.45, 7) is -0.185. The van der Waals surface area contributed by atoms with Gasteiger partial charge in [0.05, 0.1) is 31.1 Å². The number of hydrogen-bond donors (Lipinski definition) is 4. The van der Waals surface area contributed by atoms with Gasteiger partial charge in [-0.2, -0.15) is 0 Å². The summed E-state index contributed by atoms with van der Waals surface area (Å²) in [5.41, 5.74) is 18.7. The molecule has 19 heavy (non-hydrogen) atoms. The summed E-state index contributed by atoms with van der Waals surface area (Å²) < 4.78 is 7.31. The fraction of sp³-hybridized carbons (Fsp3) is 0.500. The van der Waals surface area contributed by atoms with Gasteiger partial charge in [0, 0.05) is 0 Å². The van der Waals surface area contributed by atoms with E-state index < -0.39 is 24.4 Å². The summed E-state index contributed by atoms with van der Waals surface area (Å²) in [6.07, 6.45) is 1.84. The minimum absolute atomic E-state index is 0.185. The van der Waals surface area contributed by atoms with Crippen LogP contribution in [0.15, 0.2) is 12.7 Å². The average Bonchev–Trinajstić information content (AvgIpc) is 2.94. The summed E-state index contributed by atoms with van der Waals surface area (Å²) in [6, 6.07) is -0.919. The van der Waals surface area contributed by atoms with Crippen LogP contribution in [0.3, 0.4) is 0 Å². The van der Waals surface area contributed by atoms with Crippen LogP contribution in [0.25, 0.3) is 11.2 Å². The minimum atomic E-state index is -0.536. The number of aliphatic hydroxyl groups is 1. The predicted octanol–water partition coefficient (Wildman–Crippen LogP) is -2.05. The molecule has 3 rings (SSSR count). The Morgan fingerprint density at radius 1 is 1.26 bits per heavy atom. The number of imidazole rings is 1. The Labute approximate surface area is 108 Å². The first-order valence-corrected chi connectivity index (χ1v) is 5.84. The lowest BCUT2D eigenvalue weighted by atomic mass is 10.1. The molecule has 0 amide bonds. The van der Waals surface area contributed by atoms with E-state index in [0.29, 0.717) is 17.0 Å². The van der Waals surface area contributed by atoms with Crippen molar-refractivity contribution in [3.05, 3.63) is 12.7 Å². The monoisotopic (exact) mass is 265 g/mol. The molecule has 0 unspecified atom stereocenters. The van der Waals surface area contributed by atoms with Gasteiger partial charge < -0.3 is 27.0 Å². The topological polar surface area (TPSA) is 151 Å². The third-order valence-electron chi connectivity index (χ3n) is 3.36. The van der Waals surface area contributed by atoms with E-state index in [0.717, 1.165) is 0 Å². The summed E-state index contributed by atoms with van der Waals surface area (Å²) in [4.78, 5) is 12.1. The smallest absolute Gasteiger partial charge is 0.167 e. The molecular formula is C10H15N7O2. The molecule has 0 radical (unpaired) electrons. The highest BCUT2D eigenvalue weighted by atomic mass is 16.5. The van der Waals surface area contributed by atoms with Crippen LogP contribution in [-0.2, 0) is 4.74 Å². The fourth-order valence-corrected chi connectivity index (χ4v) is 2.27. The molecule has 1 saturated heterocycles. The summed E-state index contributed by atoms with van der Waals surface area (Å²) in [5, 5.41) is 9.20. The van der Waals surface area contributed by atoms with Gasteiger partial charge in [-0.05, 0) is 0 Å². The van der Waals surface area contributed by atoms with Gasteiger partial charge in [0.1, 0.15) is 11.8 Å². The number of aromatic nitrogens is 4. The Hall–Kier alpha value is -1.81. The van der Waals surface area contributed by atoms with Gasteiger partial charge in [0.2, 0.25) is 0 Å². The first-order valence-electron chi connectivity index (χ1n) is 5.84. The maximum atomic E-state index is 9.20. The molecule has 2 aromatic heterocycles. The molecular weight excluding hydrogens is 250 g/mol. The van der Waals surface area contributed by atoms with Gasteiger partial charge in [0.25, 0.3) is 0 Å². The fourth-order valence-electron chi connectivity index (χ4n) is 2.27. The predicted molar refractivity (Wildman–Crippen MR) is 66.7 cm³/mol. The Morgan fingerprint density at radius 3 is 2.74 bits per heavy atom. The first kappa shape index (κ1) is 12.2. The van der Waals surface area contributed by atoms with Gasteiger partial charge in [-0.15, -0.1) is 0 Å². The lowest BCUT2D eigenvalue weighted by molar-refractivity contribution is -0.0261. The Kier molecular flexibility index (Phi) is 2.82. The van der Waals surface area contributed by atoms with Crippen molar-refractivity contribution in [1.29, 1.82) is 0 Å². The highest BCUT2D eigenvalue weighted by Gasteiger charge is 2.41. The molecule has 0 aliphatic carbocycles. The molecule has 1 aliphatic rings. The number of nitrogens with two attached hydrogens (primary N) is 3. The van der Waals surface area contributed by atoms with Crippen molar-refractivity contribution >= 4 is 17.0 Å². The third-order valence-corrected chi connectivity index (χ3v) is 3.36. The molecule has 2 aromatic rings. The second-order valence-electron chi connectivity index (χ2n) is 4.49. The van der Waals surface area contributed by atoms with Crippen molar-refractivity contribution < 1.29 is 9.84 Å². The third kappa shape index (κ3) is 1.75. The van der Waals surface area contributed by atoms with Gasteiger partial charge in [-0.3, -0.25) is 4.57 Å². The van der Waals surface area contributed by atoms with Crippen molar-refractivity contribution in [3.63, 3.8) is 0 Å². The van der Waals surface area contributed by atoms with E-state index in [2.05, 4.69) is 15.0 Å². The normalized spacial score (nSPS) is 31.1. The number of nitrogen functional groups attached to an aromatic ring is 1. The number of nitrogens with zero attached hydrogens (tertiary/aromatic N) is 4. The van der Waals surface area contributed by atoms with Crippen LogP contribution in [0.5, 0.6) is 0 Å². The van der Waals surface area contributed by atoms with Crippen LogP contribution >= 0.6 is 0 Å². The molecule has 0 bridgehead atoms. The second-order valence-corrected chi connectivity index (χ2v) is 4.49. The molecule has 0 aromatic carbocycles. The number of aliphatic hydroxyl groups excluding tert-OH is 1. The summed E-state index contributed by atoms with van der Waals surface area (Å²) in [5.74, 6) is 0.290. The largest absolute Gasteiger partial charge is 0.394 e. The van der Waals surface area contributed by atoms with Crippen LogP contribution in [-0.4, -0.2) is 49.4 Å². The summed E-state index contributed by atoms with van der Waals surface area (Å²) in [7, 11) is 0. The molecule has 3 heterocycles. The van der Waals surface area contributed by atoms with E-state index in [1.807, 2.05) is 0 Å². The minimum Gasteiger partial charge on any atom is -0.394 e. The van der Waals surface area contributed by atoms with Gasteiger partial charge in [-0.25, -0.2) is 15.0 Å². The van der Waals surface area contributed by atoms with Gasteiger partial charge in [0.15, 0.2) is 17.7 Å². The molecule has 102 valence electrons. The van der Waals surface area contributed by atoms with Crippen LogP contribution in [0.4, 0.5) is 5.82 Å². The zero-order chi connectivity index (χ0) is 13.6. The van der Waals surface area contributed by atoms with Crippen LogP contribution in [0, 0.1) is 0 Å². The van der Waals surface area contributed by atoms with E-state index in [1.165, 1.54) is 12.7 Å². The molecule has 0 saturated carbocycles. The van der Waals surface area contributed by atoms with E-state index in [4.69, 9.17) is 21.9 Å². The van der Waals surface area contributed by atoms with Crippen LogP contribution in [0.1, 0.15) is 6.23 Å². The molecule has 1 fully saturated rings. The lowest BCUT2D eigenvalue weighted by Gasteiger charge is -2.17. The molecule has 9 heteroatoms. The quantitative estimate of drug-likeness (QED) is 0.484. The SMILES string of the molecule is Nc1ncnc2c1ncn2[C@@H]1O[C@H](CO)[C@@H](N)[C@H]1N. The highest BCUT2D eigenvalue weighted by molar-refractivity contribution is 5.81. The standard InChI is InChI=1S/C10H15N7O2/c11-5-4(1-18)19-10(6(5)12)17-3-16-7-8(13)14-2-15-9(7)17/h2-6,10,18H,1,11-12H2,(H2,13,14,15)/t4-,5-,6-,10-/m1/s1. The van der Waals surface area contributed by atoms with Gasteiger partial charge in [-0.1, -0.05) is 0 Å². The lowest BCUT2D eigenvalue weighted by Crippen LogP contribution is -2.46. The zero-order valence-electron chi connectivity index (χ0n) is 10.0. The van der Waals surface area contributed by atoms with Crippen molar-refractivity contribution in [2.75, 3.05) is 12.3 Å². The Morgan fingerprint density at radius 2 is 2.05 bits per heavy atom. The zero-order valence-corrected chi connectivity index (χ0v) is 10.0. The maximum absolute atomic E-state index is 9.20. The molecule has 4 atom stereocenters. The maximum Gasteiger partial charge on any atom is 0.167 e. The molecule has 7 N–H and O–H groups in total. The number of ether oxygens (including phenoxy) is 1. The van der Waals surface area contributed by atoms with Crippen molar-refractivity contribution in [2.24, 2.45) is 11.5 Å². The summed E-state index contributed by atoms with van der Waals surface area (Å²) >= 11 is 0. The molecule has 1 aliphatic heterocycles. The van der Waals surface area contributed by atoms with Crippen LogP contribution in [0.2, 0.25) is 0 Å². The van der Waals surface area contributed by atoms with E-state index in [-0.39, 0.29) is 6.61 Å². The molecule has 0 spiro atoms. The van der Waals surface area contributed by atoms with E-state index in [1.54, 1.807) is 4.57 Å². The highest BCUT2D eigenvalue weighted by Crippen LogP contribution is 2.29. The Bertz CT molecular complexity index is 601. The van der Waals surface area contributed by atoms with E-state index >= 15 is 0 Å². The van der Waals surface area contributed by atoms with Crippen molar-refractivity contribution in [3.8, 4) is 0 Å². The van der Waals surface area contributed by atoms with Crippen molar-refractivity contribution in [2.45, 2.75) is 24.4 Å². The second kappa shape index (κ2) is 4.38. The van der Waals surface area contributed by atoms with Crippen molar-refractivity contribution in [1.82, 2.24) is 19.5 Å². The number of hydrogen-bond acceptors (Lipinski definition) is 8. The number of anilines is 1. The van der Waals surface area contributed by atoms with E-state index in [9.17, 15) is 5.11 Å². The molecule has 9 nitrogen and oxygen atoms in total. The first-order chi connectivity index (χ1) is 9.13. The number of fused-ring (bicyclic) bond motifs is 1. The van der Waals surface area contributed by atoms with Crippen LogP contribution < -0.4 is 17.2 Å². The number of rotatable bonds is 2. The Balaban J connectivity index is 2.04. The average molecular weight is 265 g/mol.